The summed E-state index contributed by atoms with van der Waals surface area (Å²) in [5.41, 5.74) is 0. The molecule has 0 saturated carbocycles. The number of hydrogen-bond acceptors (Lipinski definition) is 9. The van der Waals surface area contributed by atoms with E-state index >= 15 is 0 Å². The van der Waals surface area contributed by atoms with Crippen molar-refractivity contribution in [1.29, 1.82) is 0 Å². The van der Waals surface area contributed by atoms with Crippen molar-refractivity contribution in [1.82, 2.24) is 0 Å². The number of esters is 3. The normalized spacial score (nSPS) is 31.9. The molecule has 0 amide bonds. The zero-order valence-corrected chi connectivity index (χ0v) is 14.3. The van der Waals surface area contributed by atoms with Crippen LogP contribution in [0.1, 0.15) is 34.6 Å². The van der Waals surface area contributed by atoms with E-state index in [0.29, 0.717) is 0 Å². The van der Waals surface area contributed by atoms with Gasteiger partial charge in [0.25, 0.3) is 0 Å². The van der Waals surface area contributed by atoms with Crippen LogP contribution in [-0.2, 0) is 42.8 Å². The van der Waals surface area contributed by atoms with Crippen LogP contribution in [0.2, 0.25) is 0 Å². The van der Waals surface area contributed by atoms with E-state index in [0.717, 1.165) is 0 Å². The molecule has 2 saturated heterocycles. The Balaban J connectivity index is 2.19. The smallest absolute Gasteiger partial charge is 0.303 e. The molecular weight excluding hydrogens is 324 g/mol. The molecule has 0 aromatic rings. The monoisotopic (exact) mass is 346 g/mol. The number of ether oxygens (including phenoxy) is 6. The molecule has 0 radical (unpaired) electrons. The molecule has 2 rings (SSSR count). The summed E-state index contributed by atoms with van der Waals surface area (Å²) in [6, 6.07) is 0. The van der Waals surface area contributed by atoms with Crippen molar-refractivity contribution in [3.8, 4) is 0 Å². The Kier molecular flexibility index (Phi) is 5.46. The Labute approximate surface area is 139 Å². The van der Waals surface area contributed by atoms with Crippen molar-refractivity contribution < 1.29 is 42.8 Å². The minimum atomic E-state index is -0.961. The highest BCUT2D eigenvalue weighted by Gasteiger charge is 2.59. The first-order chi connectivity index (χ1) is 11.1. The van der Waals surface area contributed by atoms with E-state index in [1.165, 1.54) is 20.8 Å². The maximum absolute atomic E-state index is 11.4. The van der Waals surface area contributed by atoms with Gasteiger partial charge < -0.3 is 28.4 Å². The molecule has 0 aliphatic carbocycles. The second-order valence-corrected chi connectivity index (χ2v) is 6.09. The molecule has 136 valence electrons. The van der Waals surface area contributed by atoms with Gasteiger partial charge in [0.2, 0.25) is 0 Å². The van der Waals surface area contributed by atoms with E-state index in [1.807, 2.05) is 0 Å². The largest absolute Gasteiger partial charge is 0.462 e. The fourth-order valence-electron chi connectivity index (χ4n) is 2.74. The fourth-order valence-corrected chi connectivity index (χ4v) is 2.74. The summed E-state index contributed by atoms with van der Waals surface area (Å²) in [6.07, 6.45) is -4.18. The number of rotatable bonds is 5. The van der Waals surface area contributed by atoms with E-state index < -0.39 is 54.4 Å². The average Bonchev–Trinajstić information content (AvgIpc) is 2.87. The molecule has 0 aromatic carbocycles. The SMILES string of the molecule is CC(=O)OC[C@H](OC(C)=O)[C@H]1O[C@@H]2OC(C)(C)O[C@@H]2[C@@H]1OC(C)=O. The van der Waals surface area contributed by atoms with Gasteiger partial charge in [-0.3, -0.25) is 14.4 Å². The van der Waals surface area contributed by atoms with Crippen molar-refractivity contribution >= 4 is 17.9 Å². The Morgan fingerprint density at radius 2 is 1.71 bits per heavy atom. The minimum absolute atomic E-state index is 0.236. The van der Waals surface area contributed by atoms with Crippen LogP contribution in [0.5, 0.6) is 0 Å². The molecule has 2 aliphatic rings. The molecule has 2 aliphatic heterocycles. The number of fused-ring (bicyclic) bond motifs is 1. The van der Waals surface area contributed by atoms with Crippen LogP contribution in [0.25, 0.3) is 0 Å². The van der Waals surface area contributed by atoms with Crippen LogP contribution in [-0.4, -0.2) is 61.0 Å². The molecule has 5 atom stereocenters. The van der Waals surface area contributed by atoms with Crippen LogP contribution in [0.3, 0.4) is 0 Å². The summed E-state index contributed by atoms with van der Waals surface area (Å²) < 4.78 is 32.5. The molecule has 2 heterocycles. The first-order valence-electron chi connectivity index (χ1n) is 7.58. The topological polar surface area (TPSA) is 107 Å². The van der Waals surface area contributed by atoms with Crippen molar-refractivity contribution in [2.75, 3.05) is 6.61 Å². The van der Waals surface area contributed by atoms with Crippen LogP contribution in [0, 0.1) is 0 Å². The standard InChI is InChI=1S/C15H22O9/c1-7(16)19-6-10(20-8(2)17)11-12(21-9(3)18)13-14(22-11)24-15(4,5)23-13/h10-14H,6H2,1-5H3/t10-,11+,12+,13+,14+/m0/s1. The van der Waals surface area contributed by atoms with Crippen LogP contribution >= 0.6 is 0 Å². The lowest BCUT2D eigenvalue weighted by Crippen LogP contribution is -2.47. The Morgan fingerprint density at radius 3 is 2.25 bits per heavy atom. The molecule has 9 nitrogen and oxygen atoms in total. The summed E-state index contributed by atoms with van der Waals surface area (Å²) in [5.74, 6) is -2.57. The van der Waals surface area contributed by atoms with E-state index in [2.05, 4.69) is 0 Å². The van der Waals surface area contributed by atoms with Gasteiger partial charge in [-0.05, 0) is 13.8 Å². The van der Waals surface area contributed by atoms with Gasteiger partial charge in [-0.15, -0.1) is 0 Å². The summed E-state index contributed by atoms with van der Waals surface area (Å²) >= 11 is 0. The van der Waals surface area contributed by atoms with Gasteiger partial charge in [0.05, 0.1) is 0 Å². The molecule has 0 spiro atoms. The Hall–Kier alpha value is -1.71. The first kappa shape index (κ1) is 18.6. The minimum Gasteiger partial charge on any atom is -0.462 e. The highest BCUT2D eigenvalue weighted by atomic mass is 16.8. The third-order valence-electron chi connectivity index (χ3n) is 3.46. The maximum atomic E-state index is 11.4. The third-order valence-corrected chi connectivity index (χ3v) is 3.46. The van der Waals surface area contributed by atoms with Crippen molar-refractivity contribution in [2.45, 2.75) is 71.1 Å². The molecule has 0 unspecified atom stereocenters. The second kappa shape index (κ2) is 7.04. The van der Waals surface area contributed by atoms with Gasteiger partial charge in [-0.2, -0.15) is 0 Å². The molecule has 24 heavy (non-hydrogen) atoms. The van der Waals surface area contributed by atoms with Crippen LogP contribution in [0.4, 0.5) is 0 Å². The predicted octanol–water partition coefficient (Wildman–Crippen LogP) is 0.289. The fraction of sp³-hybridized carbons (Fsp3) is 0.800. The van der Waals surface area contributed by atoms with Gasteiger partial charge >= 0.3 is 17.9 Å². The van der Waals surface area contributed by atoms with Gasteiger partial charge in [0, 0.05) is 20.8 Å². The van der Waals surface area contributed by atoms with Crippen molar-refractivity contribution in [3.63, 3.8) is 0 Å². The van der Waals surface area contributed by atoms with E-state index in [-0.39, 0.29) is 6.61 Å². The summed E-state index contributed by atoms with van der Waals surface area (Å²) in [4.78, 5) is 33.8. The molecule has 0 N–H and O–H groups in total. The summed E-state index contributed by atoms with van der Waals surface area (Å²) in [6.45, 7) is 6.87. The van der Waals surface area contributed by atoms with Gasteiger partial charge in [0.15, 0.2) is 30.4 Å². The average molecular weight is 346 g/mol. The zero-order valence-electron chi connectivity index (χ0n) is 14.3. The number of carbonyl (C=O) groups is 3. The number of carbonyl (C=O) groups excluding carboxylic acids is 3. The van der Waals surface area contributed by atoms with E-state index in [9.17, 15) is 14.4 Å². The van der Waals surface area contributed by atoms with Gasteiger partial charge in [0.1, 0.15) is 12.7 Å². The Morgan fingerprint density at radius 1 is 1.04 bits per heavy atom. The van der Waals surface area contributed by atoms with Gasteiger partial charge in [-0.25, -0.2) is 0 Å². The molecule has 0 bridgehead atoms. The zero-order chi connectivity index (χ0) is 18.1. The van der Waals surface area contributed by atoms with Crippen LogP contribution < -0.4 is 0 Å². The summed E-state index contributed by atoms with van der Waals surface area (Å²) in [5, 5.41) is 0. The summed E-state index contributed by atoms with van der Waals surface area (Å²) in [7, 11) is 0. The second-order valence-electron chi connectivity index (χ2n) is 6.09. The molecule has 2 fully saturated rings. The lowest BCUT2D eigenvalue weighted by molar-refractivity contribution is -0.234. The van der Waals surface area contributed by atoms with Crippen LogP contribution in [0.15, 0.2) is 0 Å². The highest BCUT2D eigenvalue weighted by molar-refractivity contribution is 5.67. The lowest BCUT2D eigenvalue weighted by atomic mass is 10.1. The quantitative estimate of drug-likeness (QED) is 0.513. The van der Waals surface area contributed by atoms with Gasteiger partial charge in [-0.1, -0.05) is 0 Å². The molecular formula is C15H22O9. The van der Waals surface area contributed by atoms with E-state index in [1.54, 1.807) is 13.8 Å². The van der Waals surface area contributed by atoms with Crippen molar-refractivity contribution in [2.24, 2.45) is 0 Å². The first-order valence-corrected chi connectivity index (χ1v) is 7.58. The third kappa shape index (κ3) is 4.43. The predicted molar refractivity (Wildman–Crippen MR) is 76.4 cm³/mol. The lowest BCUT2D eigenvalue weighted by Gasteiger charge is -2.29. The Bertz CT molecular complexity index is 515. The molecule has 0 aromatic heterocycles. The highest BCUT2D eigenvalue weighted by Crippen LogP contribution is 2.40. The number of hydrogen-bond donors (Lipinski definition) is 0. The maximum Gasteiger partial charge on any atom is 0.303 e. The van der Waals surface area contributed by atoms with Crippen molar-refractivity contribution in [3.05, 3.63) is 0 Å². The molecule has 9 heteroatoms. The van der Waals surface area contributed by atoms with E-state index in [4.69, 9.17) is 28.4 Å².